The van der Waals surface area contributed by atoms with Crippen LogP contribution in [0.3, 0.4) is 0 Å². The Morgan fingerprint density at radius 1 is 1.19 bits per heavy atom. The highest BCUT2D eigenvalue weighted by Crippen LogP contribution is 2.19. The van der Waals surface area contributed by atoms with E-state index in [1.807, 2.05) is 19.9 Å². The van der Waals surface area contributed by atoms with E-state index in [0.717, 1.165) is 6.42 Å². The van der Waals surface area contributed by atoms with Gasteiger partial charge in [0.15, 0.2) is 0 Å². The second kappa shape index (κ2) is 20.6. The van der Waals surface area contributed by atoms with Crippen molar-refractivity contribution in [1.82, 2.24) is 15.8 Å². The Balaban J connectivity index is 0. The molecule has 1 atom stereocenters. The van der Waals surface area contributed by atoms with Crippen molar-refractivity contribution in [2.24, 2.45) is 5.92 Å². The van der Waals surface area contributed by atoms with Gasteiger partial charge in [0.1, 0.15) is 0 Å². The SMILES string of the molecule is C=C/C=C\C(=C/C)c1ccc(CC(C)CC(=O)NCC)cc1.CCC.CNN(C)C=O. The summed E-state index contributed by atoms with van der Waals surface area (Å²) in [5.41, 5.74) is 6.22. The smallest absolute Gasteiger partial charge is 0.223 e. The number of hydrogen-bond donors (Lipinski definition) is 2. The standard InChI is InChI=1S/C20H27NO.C3H8N2O.C3H8/c1-5-8-9-18(6-2)19-12-10-17(11-13-19)14-16(4)15-20(22)21-7-3;1-4-5(2)3-6;1-3-2/h5-6,8-13,16H,1,7,14-15H2,2-4H3,(H,21,22);3-4H,1-2H3;3H2,1-2H3/b9-8-,18-6+;;. The Bertz CT molecular complexity index is 664. The van der Waals surface area contributed by atoms with Crippen molar-refractivity contribution in [3.63, 3.8) is 0 Å². The van der Waals surface area contributed by atoms with Crippen LogP contribution in [0.15, 0.2) is 55.1 Å². The molecule has 5 nitrogen and oxygen atoms in total. The van der Waals surface area contributed by atoms with Gasteiger partial charge in [0.25, 0.3) is 0 Å². The molecular formula is C26H43N3O2. The van der Waals surface area contributed by atoms with Crippen LogP contribution in [0, 0.1) is 5.92 Å². The second-order valence-corrected chi connectivity index (χ2v) is 7.15. The molecule has 0 spiro atoms. The first-order valence-corrected chi connectivity index (χ1v) is 11.0. The molecule has 0 fully saturated rings. The molecule has 0 aliphatic rings. The lowest BCUT2D eigenvalue weighted by atomic mass is 9.95. The molecule has 0 aliphatic heterocycles. The summed E-state index contributed by atoms with van der Waals surface area (Å²) in [4.78, 5) is 21.2. The van der Waals surface area contributed by atoms with E-state index in [-0.39, 0.29) is 5.91 Å². The molecule has 174 valence electrons. The zero-order chi connectivity index (χ0) is 24.1. The van der Waals surface area contributed by atoms with Crippen LogP contribution in [0.5, 0.6) is 0 Å². The van der Waals surface area contributed by atoms with E-state index in [0.29, 0.717) is 25.3 Å². The quantitative estimate of drug-likeness (QED) is 0.307. The normalized spacial score (nSPS) is 11.4. The molecule has 0 saturated heterocycles. The van der Waals surface area contributed by atoms with E-state index in [1.54, 1.807) is 20.2 Å². The summed E-state index contributed by atoms with van der Waals surface area (Å²) >= 11 is 0. The highest BCUT2D eigenvalue weighted by molar-refractivity contribution is 5.76. The molecule has 5 heteroatoms. The molecule has 0 bridgehead atoms. The third-order valence-electron chi connectivity index (χ3n) is 4.01. The van der Waals surface area contributed by atoms with E-state index in [1.165, 1.54) is 28.1 Å². The third kappa shape index (κ3) is 16.8. The van der Waals surface area contributed by atoms with E-state index in [2.05, 4.69) is 74.5 Å². The molecule has 0 aliphatic carbocycles. The molecule has 0 saturated carbocycles. The average molecular weight is 430 g/mol. The largest absolute Gasteiger partial charge is 0.356 e. The molecule has 2 N–H and O–H groups in total. The number of hydrogen-bond acceptors (Lipinski definition) is 3. The Kier molecular flexibility index (Phi) is 20.3. The number of rotatable bonds is 10. The van der Waals surface area contributed by atoms with Gasteiger partial charge in [-0.3, -0.25) is 14.6 Å². The molecule has 0 radical (unpaired) electrons. The van der Waals surface area contributed by atoms with Crippen LogP contribution < -0.4 is 10.7 Å². The lowest BCUT2D eigenvalue weighted by Crippen LogP contribution is -2.28. The van der Waals surface area contributed by atoms with Gasteiger partial charge in [0.05, 0.1) is 0 Å². The molecule has 31 heavy (non-hydrogen) atoms. The number of nitrogens with one attached hydrogen (secondary N) is 2. The Morgan fingerprint density at radius 2 is 1.77 bits per heavy atom. The van der Waals surface area contributed by atoms with E-state index in [9.17, 15) is 9.59 Å². The predicted molar refractivity (Wildman–Crippen MR) is 134 cm³/mol. The van der Waals surface area contributed by atoms with Gasteiger partial charge in [-0.05, 0) is 42.9 Å². The minimum absolute atomic E-state index is 0.136. The fourth-order valence-corrected chi connectivity index (χ4v) is 2.48. The fraction of sp³-hybridized carbons (Fsp3) is 0.462. The van der Waals surface area contributed by atoms with Gasteiger partial charge < -0.3 is 5.32 Å². The predicted octanol–water partition coefficient (Wildman–Crippen LogP) is 5.16. The summed E-state index contributed by atoms with van der Waals surface area (Å²) in [5, 5.41) is 4.17. The lowest BCUT2D eigenvalue weighted by molar-refractivity contribution is -0.122. The van der Waals surface area contributed by atoms with Crippen molar-refractivity contribution in [2.45, 2.75) is 53.9 Å². The minimum atomic E-state index is 0.136. The summed E-state index contributed by atoms with van der Waals surface area (Å²) in [6.45, 7) is 14.7. The van der Waals surface area contributed by atoms with E-state index in [4.69, 9.17) is 0 Å². The maximum Gasteiger partial charge on any atom is 0.223 e. The number of carbonyl (C=O) groups excluding carboxylic acids is 2. The molecule has 1 rings (SSSR count). The van der Waals surface area contributed by atoms with Gasteiger partial charge in [-0.2, -0.15) is 0 Å². The molecular weight excluding hydrogens is 386 g/mol. The van der Waals surface area contributed by atoms with Crippen LogP contribution >= 0.6 is 0 Å². The molecule has 0 heterocycles. The Hall–Kier alpha value is -2.66. The van der Waals surface area contributed by atoms with Crippen molar-refractivity contribution in [3.8, 4) is 0 Å². The molecule has 2 amide bonds. The Labute approximate surface area is 190 Å². The van der Waals surface area contributed by atoms with Crippen molar-refractivity contribution in [2.75, 3.05) is 20.6 Å². The lowest BCUT2D eigenvalue weighted by Gasteiger charge is -2.12. The zero-order valence-corrected chi connectivity index (χ0v) is 20.6. The first-order chi connectivity index (χ1) is 14.8. The topological polar surface area (TPSA) is 61.4 Å². The summed E-state index contributed by atoms with van der Waals surface area (Å²) in [7, 11) is 3.31. The Morgan fingerprint density at radius 3 is 2.16 bits per heavy atom. The fourth-order valence-electron chi connectivity index (χ4n) is 2.48. The number of hydrazine groups is 1. The molecule has 0 aromatic heterocycles. The first kappa shape index (κ1) is 30.5. The maximum atomic E-state index is 11.6. The van der Waals surface area contributed by atoms with Gasteiger partial charge >= 0.3 is 0 Å². The van der Waals surface area contributed by atoms with E-state index >= 15 is 0 Å². The third-order valence-corrected chi connectivity index (χ3v) is 4.01. The van der Waals surface area contributed by atoms with Crippen LogP contribution in [-0.2, 0) is 16.0 Å². The van der Waals surface area contributed by atoms with Crippen LogP contribution in [-0.4, -0.2) is 38.0 Å². The number of nitrogens with zero attached hydrogens (tertiary/aromatic N) is 1. The molecule has 1 aromatic rings. The van der Waals surface area contributed by atoms with Crippen molar-refractivity contribution in [1.29, 1.82) is 0 Å². The summed E-state index contributed by atoms with van der Waals surface area (Å²) in [6.07, 6.45) is 11.3. The van der Waals surface area contributed by atoms with Crippen LogP contribution in [0.4, 0.5) is 0 Å². The first-order valence-electron chi connectivity index (χ1n) is 11.0. The van der Waals surface area contributed by atoms with Gasteiger partial charge in [-0.15, -0.1) is 0 Å². The summed E-state index contributed by atoms with van der Waals surface area (Å²) < 4.78 is 0. The van der Waals surface area contributed by atoms with Gasteiger partial charge in [0.2, 0.25) is 12.3 Å². The van der Waals surface area contributed by atoms with Crippen molar-refractivity contribution >= 4 is 17.9 Å². The number of benzene rings is 1. The number of allylic oxidation sites excluding steroid dienone is 5. The van der Waals surface area contributed by atoms with Crippen LogP contribution in [0.1, 0.15) is 58.6 Å². The van der Waals surface area contributed by atoms with Crippen molar-refractivity contribution in [3.05, 3.63) is 66.3 Å². The van der Waals surface area contributed by atoms with Crippen LogP contribution in [0.2, 0.25) is 0 Å². The van der Waals surface area contributed by atoms with Crippen LogP contribution in [0.25, 0.3) is 5.57 Å². The van der Waals surface area contributed by atoms with Gasteiger partial charge in [-0.25, -0.2) is 5.43 Å². The summed E-state index contributed by atoms with van der Waals surface area (Å²) in [6, 6.07) is 8.57. The van der Waals surface area contributed by atoms with E-state index < -0.39 is 0 Å². The van der Waals surface area contributed by atoms with Crippen molar-refractivity contribution < 1.29 is 9.59 Å². The molecule has 1 aromatic carbocycles. The van der Waals surface area contributed by atoms with Gasteiger partial charge in [-0.1, -0.05) is 82.3 Å². The zero-order valence-electron chi connectivity index (χ0n) is 20.6. The number of carbonyl (C=O) groups is 2. The number of amides is 2. The van der Waals surface area contributed by atoms with Gasteiger partial charge in [0, 0.05) is 27.1 Å². The highest BCUT2D eigenvalue weighted by Gasteiger charge is 2.09. The highest BCUT2D eigenvalue weighted by atomic mass is 16.2. The maximum absolute atomic E-state index is 11.6. The molecule has 1 unspecified atom stereocenters. The monoisotopic (exact) mass is 429 g/mol. The minimum Gasteiger partial charge on any atom is -0.356 e. The summed E-state index contributed by atoms with van der Waals surface area (Å²) in [5.74, 6) is 0.483. The average Bonchev–Trinajstić information content (AvgIpc) is 2.75. The second-order valence-electron chi connectivity index (χ2n) is 7.15.